The van der Waals surface area contributed by atoms with Gasteiger partial charge in [0.15, 0.2) is 0 Å². The summed E-state index contributed by atoms with van der Waals surface area (Å²) in [6.45, 7) is 5.86. The molecule has 0 aliphatic rings. The Morgan fingerprint density at radius 2 is 2.15 bits per heavy atom. The molecule has 0 aliphatic heterocycles. The molecule has 0 unspecified atom stereocenters. The third-order valence-electron chi connectivity index (χ3n) is 1.23. The molecule has 0 atom stereocenters. The van der Waals surface area contributed by atoms with Crippen molar-refractivity contribution >= 4 is 5.91 Å². The zero-order chi connectivity index (χ0) is 10.1. The number of rotatable bonds is 6. The summed E-state index contributed by atoms with van der Waals surface area (Å²) in [4.78, 5) is 11.0. The van der Waals surface area contributed by atoms with E-state index < -0.39 is 0 Å². The third-order valence-corrected chi connectivity index (χ3v) is 1.23. The summed E-state index contributed by atoms with van der Waals surface area (Å²) in [5.74, 6) is -0.0728. The smallest absolute Gasteiger partial charge is 0.243 e. The Balaban J connectivity index is 3.33. The molecule has 76 valence electrons. The van der Waals surface area contributed by atoms with Gasteiger partial charge in [0.05, 0.1) is 13.2 Å². The van der Waals surface area contributed by atoms with E-state index in [1.165, 1.54) is 0 Å². The summed E-state index contributed by atoms with van der Waals surface area (Å²) in [5, 5.41) is 2.69. The Morgan fingerprint density at radius 1 is 1.46 bits per heavy atom. The highest BCUT2D eigenvalue weighted by atomic mass is 16.5. The Bertz CT molecular complexity index is 174. The van der Waals surface area contributed by atoms with Crippen LogP contribution in [0.4, 0.5) is 0 Å². The zero-order valence-electron chi connectivity index (χ0n) is 8.30. The van der Waals surface area contributed by atoms with Crippen LogP contribution in [0.2, 0.25) is 0 Å². The first-order valence-electron chi connectivity index (χ1n) is 4.37. The Labute approximate surface area is 79.1 Å². The highest BCUT2D eigenvalue weighted by molar-refractivity contribution is 5.87. The van der Waals surface area contributed by atoms with Crippen LogP contribution in [-0.4, -0.2) is 32.2 Å². The average molecular weight is 186 g/mol. The maximum Gasteiger partial charge on any atom is 0.243 e. The Hall–Kier alpha value is -0.870. The molecule has 4 heteroatoms. The second kappa shape index (κ2) is 7.76. The second-order valence-electron chi connectivity index (χ2n) is 2.91. The Morgan fingerprint density at radius 3 is 2.69 bits per heavy atom. The highest BCUT2D eigenvalue weighted by Crippen LogP contribution is 1.86. The van der Waals surface area contributed by atoms with Crippen molar-refractivity contribution in [3.05, 3.63) is 11.6 Å². The normalized spacial score (nSPS) is 9.46. The lowest BCUT2D eigenvalue weighted by Gasteiger charge is -2.03. The predicted molar refractivity (Wildman–Crippen MR) is 52.3 cm³/mol. The van der Waals surface area contributed by atoms with E-state index in [4.69, 9.17) is 10.5 Å². The summed E-state index contributed by atoms with van der Waals surface area (Å²) in [6, 6.07) is 0. The number of ether oxygens (including phenoxy) is 1. The molecule has 0 fully saturated rings. The highest BCUT2D eigenvalue weighted by Gasteiger charge is 1.94. The summed E-state index contributed by atoms with van der Waals surface area (Å²) in [6.07, 6.45) is 1.56. The molecule has 4 nitrogen and oxygen atoms in total. The SMILES string of the molecule is CC(C)=CC(=O)NCCOCCN. The molecule has 1 amide bonds. The lowest BCUT2D eigenvalue weighted by Crippen LogP contribution is -2.26. The van der Waals surface area contributed by atoms with Crippen LogP contribution in [0.15, 0.2) is 11.6 Å². The summed E-state index contributed by atoms with van der Waals surface area (Å²) < 4.78 is 5.08. The fourth-order valence-electron chi connectivity index (χ4n) is 0.745. The van der Waals surface area contributed by atoms with E-state index in [0.717, 1.165) is 5.57 Å². The largest absolute Gasteiger partial charge is 0.378 e. The standard InChI is InChI=1S/C9H18N2O2/c1-8(2)7-9(12)11-4-6-13-5-3-10/h7H,3-6,10H2,1-2H3,(H,11,12). The van der Waals surface area contributed by atoms with Crippen LogP contribution in [0.25, 0.3) is 0 Å². The molecule has 0 spiro atoms. The van der Waals surface area contributed by atoms with Gasteiger partial charge < -0.3 is 15.8 Å². The molecule has 0 saturated carbocycles. The average Bonchev–Trinajstić information content (AvgIpc) is 2.02. The number of nitrogens with two attached hydrogens (primary N) is 1. The third kappa shape index (κ3) is 9.04. The van der Waals surface area contributed by atoms with Crippen LogP contribution in [-0.2, 0) is 9.53 Å². The predicted octanol–water partition coefficient (Wildman–Crippen LogP) is 0.0441. The number of carbonyl (C=O) groups is 1. The molecular weight excluding hydrogens is 168 g/mol. The van der Waals surface area contributed by atoms with E-state index in [1.807, 2.05) is 13.8 Å². The molecule has 0 aromatic heterocycles. The number of hydrogen-bond donors (Lipinski definition) is 2. The van der Waals surface area contributed by atoms with Gasteiger partial charge in [0.2, 0.25) is 5.91 Å². The molecule has 0 saturated heterocycles. The first-order chi connectivity index (χ1) is 6.16. The molecule has 0 heterocycles. The molecule has 0 aromatic rings. The lowest BCUT2D eigenvalue weighted by molar-refractivity contribution is -0.116. The van der Waals surface area contributed by atoms with Gasteiger partial charge in [-0.25, -0.2) is 0 Å². The minimum Gasteiger partial charge on any atom is -0.378 e. The number of allylic oxidation sites excluding steroid dienone is 1. The second-order valence-corrected chi connectivity index (χ2v) is 2.91. The zero-order valence-corrected chi connectivity index (χ0v) is 8.30. The summed E-state index contributed by atoms with van der Waals surface area (Å²) >= 11 is 0. The van der Waals surface area contributed by atoms with Gasteiger partial charge in [0.25, 0.3) is 0 Å². The Kier molecular flexibility index (Phi) is 7.24. The molecule has 0 rings (SSSR count). The van der Waals surface area contributed by atoms with Crippen molar-refractivity contribution in [3.63, 3.8) is 0 Å². The van der Waals surface area contributed by atoms with Gasteiger partial charge >= 0.3 is 0 Å². The van der Waals surface area contributed by atoms with Crippen molar-refractivity contribution in [3.8, 4) is 0 Å². The van der Waals surface area contributed by atoms with Crippen LogP contribution in [0.3, 0.4) is 0 Å². The van der Waals surface area contributed by atoms with Crippen molar-refractivity contribution in [1.29, 1.82) is 0 Å². The number of nitrogens with one attached hydrogen (secondary N) is 1. The fourth-order valence-corrected chi connectivity index (χ4v) is 0.745. The van der Waals surface area contributed by atoms with Crippen molar-refractivity contribution in [2.24, 2.45) is 5.73 Å². The van der Waals surface area contributed by atoms with E-state index in [0.29, 0.717) is 26.3 Å². The first kappa shape index (κ1) is 12.1. The number of hydrogen-bond acceptors (Lipinski definition) is 3. The summed E-state index contributed by atoms with van der Waals surface area (Å²) in [5.41, 5.74) is 6.20. The van der Waals surface area contributed by atoms with Crippen LogP contribution in [0, 0.1) is 0 Å². The molecule has 0 radical (unpaired) electrons. The van der Waals surface area contributed by atoms with Crippen LogP contribution in [0.5, 0.6) is 0 Å². The van der Waals surface area contributed by atoms with Gasteiger partial charge in [-0.2, -0.15) is 0 Å². The minimum atomic E-state index is -0.0728. The van der Waals surface area contributed by atoms with Gasteiger partial charge in [0.1, 0.15) is 0 Å². The van der Waals surface area contributed by atoms with Crippen molar-refractivity contribution in [1.82, 2.24) is 5.32 Å². The fraction of sp³-hybridized carbons (Fsp3) is 0.667. The molecular formula is C9H18N2O2. The monoisotopic (exact) mass is 186 g/mol. The van der Waals surface area contributed by atoms with E-state index >= 15 is 0 Å². The van der Waals surface area contributed by atoms with Gasteiger partial charge in [-0.05, 0) is 13.8 Å². The number of carbonyl (C=O) groups excluding carboxylic acids is 1. The minimum absolute atomic E-state index is 0.0728. The van der Waals surface area contributed by atoms with Gasteiger partial charge in [-0.15, -0.1) is 0 Å². The van der Waals surface area contributed by atoms with Crippen LogP contribution >= 0.6 is 0 Å². The van der Waals surface area contributed by atoms with Crippen LogP contribution in [0.1, 0.15) is 13.8 Å². The summed E-state index contributed by atoms with van der Waals surface area (Å²) in [7, 11) is 0. The molecule has 3 N–H and O–H groups in total. The molecule has 0 aliphatic carbocycles. The number of amides is 1. The topological polar surface area (TPSA) is 64.3 Å². The molecule has 13 heavy (non-hydrogen) atoms. The van der Waals surface area contributed by atoms with E-state index in [-0.39, 0.29) is 5.91 Å². The maximum atomic E-state index is 11.0. The van der Waals surface area contributed by atoms with Crippen molar-refractivity contribution in [2.45, 2.75) is 13.8 Å². The molecule has 0 aromatic carbocycles. The van der Waals surface area contributed by atoms with Gasteiger partial charge in [-0.1, -0.05) is 5.57 Å². The van der Waals surface area contributed by atoms with Crippen molar-refractivity contribution < 1.29 is 9.53 Å². The van der Waals surface area contributed by atoms with Crippen molar-refractivity contribution in [2.75, 3.05) is 26.3 Å². The van der Waals surface area contributed by atoms with E-state index in [2.05, 4.69) is 5.32 Å². The lowest BCUT2D eigenvalue weighted by atomic mass is 10.3. The van der Waals surface area contributed by atoms with Gasteiger partial charge in [-0.3, -0.25) is 4.79 Å². The van der Waals surface area contributed by atoms with E-state index in [9.17, 15) is 4.79 Å². The van der Waals surface area contributed by atoms with E-state index in [1.54, 1.807) is 6.08 Å². The van der Waals surface area contributed by atoms with Crippen LogP contribution < -0.4 is 11.1 Å². The maximum absolute atomic E-state index is 11.0. The van der Waals surface area contributed by atoms with Gasteiger partial charge in [0, 0.05) is 19.2 Å². The first-order valence-corrected chi connectivity index (χ1v) is 4.37. The quantitative estimate of drug-likeness (QED) is 0.455. The molecule has 0 bridgehead atoms.